The quantitative estimate of drug-likeness (QED) is 0.863. The van der Waals surface area contributed by atoms with Crippen molar-refractivity contribution in [1.29, 1.82) is 0 Å². The highest BCUT2D eigenvalue weighted by atomic mass is 16.3. The molecule has 1 aromatic rings. The van der Waals surface area contributed by atoms with Crippen LogP contribution in [0, 0.1) is 5.92 Å². The summed E-state index contributed by atoms with van der Waals surface area (Å²) in [4.78, 5) is 14.0. The average Bonchev–Trinajstić information content (AvgIpc) is 2.46. The standard InChI is InChI=1S/C15H22N2O2/c1-11(16)13-8-5-9-17(10-13)15(19)14(18)12-6-3-2-4-7-12/h2-4,6-7,11,13-14,18H,5,8-10,16H2,1H3. The van der Waals surface area contributed by atoms with Crippen LogP contribution < -0.4 is 5.73 Å². The second-order valence-corrected chi connectivity index (χ2v) is 5.36. The Kier molecular flexibility index (Phi) is 4.56. The zero-order chi connectivity index (χ0) is 13.8. The van der Waals surface area contributed by atoms with E-state index in [-0.39, 0.29) is 11.9 Å². The fourth-order valence-electron chi connectivity index (χ4n) is 2.59. The Labute approximate surface area is 114 Å². The first kappa shape index (κ1) is 14.0. The second kappa shape index (κ2) is 6.17. The lowest BCUT2D eigenvalue weighted by Gasteiger charge is -2.35. The Morgan fingerprint density at radius 1 is 1.42 bits per heavy atom. The van der Waals surface area contributed by atoms with Gasteiger partial charge >= 0.3 is 0 Å². The highest BCUT2D eigenvalue weighted by molar-refractivity contribution is 5.82. The number of aliphatic hydroxyl groups excluding tert-OH is 1. The van der Waals surface area contributed by atoms with Crippen molar-refractivity contribution >= 4 is 5.91 Å². The van der Waals surface area contributed by atoms with Gasteiger partial charge in [0.1, 0.15) is 0 Å². The zero-order valence-electron chi connectivity index (χ0n) is 11.3. The lowest BCUT2D eigenvalue weighted by atomic mass is 9.91. The van der Waals surface area contributed by atoms with Gasteiger partial charge in [-0.25, -0.2) is 0 Å². The monoisotopic (exact) mass is 262 g/mol. The van der Waals surface area contributed by atoms with E-state index in [0.717, 1.165) is 12.8 Å². The van der Waals surface area contributed by atoms with Crippen LogP contribution in [0.4, 0.5) is 0 Å². The van der Waals surface area contributed by atoms with Gasteiger partial charge in [0.2, 0.25) is 0 Å². The number of carbonyl (C=O) groups is 1. The Balaban J connectivity index is 2.03. The molecule has 1 aliphatic heterocycles. The topological polar surface area (TPSA) is 66.6 Å². The molecule has 1 saturated heterocycles. The molecule has 1 fully saturated rings. The van der Waals surface area contributed by atoms with Gasteiger partial charge in [-0.3, -0.25) is 4.79 Å². The summed E-state index contributed by atoms with van der Waals surface area (Å²) in [5, 5.41) is 10.1. The molecule has 3 N–H and O–H groups in total. The predicted octanol–water partition coefficient (Wildman–Crippen LogP) is 1.31. The maximum absolute atomic E-state index is 12.3. The number of nitrogens with two attached hydrogens (primary N) is 1. The summed E-state index contributed by atoms with van der Waals surface area (Å²) < 4.78 is 0. The van der Waals surface area contributed by atoms with Crippen LogP contribution in [-0.4, -0.2) is 35.0 Å². The Bertz CT molecular complexity index is 419. The number of hydrogen-bond donors (Lipinski definition) is 2. The third-order valence-corrected chi connectivity index (χ3v) is 3.86. The third-order valence-electron chi connectivity index (χ3n) is 3.86. The van der Waals surface area contributed by atoms with Gasteiger partial charge in [0, 0.05) is 19.1 Å². The zero-order valence-corrected chi connectivity index (χ0v) is 11.3. The number of aliphatic hydroxyl groups is 1. The number of amides is 1. The number of benzene rings is 1. The number of likely N-dealkylation sites (tertiary alicyclic amines) is 1. The maximum atomic E-state index is 12.3. The van der Waals surface area contributed by atoms with Crippen LogP contribution in [0.2, 0.25) is 0 Å². The molecule has 0 spiro atoms. The molecule has 0 radical (unpaired) electrons. The van der Waals surface area contributed by atoms with Crippen LogP contribution in [0.25, 0.3) is 0 Å². The van der Waals surface area contributed by atoms with Gasteiger partial charge in [-0.15, -0.1) is 0 Å². The van der Waals surface area contributed by atoms with Crippen molar-refractivity contribution in [3.63, 3.8) is 0 Å². The number of carbonyl (C=O) groups excluding carboxylic acids is 1. The van der Waals surface area contributed by atoms with Gasteiger partial charge in [-0.05, 0) is 31.2 Å². The summed E-state index contributed by atoms with van der Waals surface area (Å²) in [6.07, 6.45) is 0.954. The van der Waals surface area contributed by atoms with E-state index < -0.39 is 6.10 Å². The molecular weight excluding hydrogens is 240 g/mol. The van der Waals surface area contributed by atoms with Crippen LogP contribution >= 0.6 is 0 Å². The van der Waals surface area contributed by atoms with Crippen molar-refractivity contribution in [1.82, 2.24) is 4.90 Å². The van der Waals surface area contributed by atoms with Gasteiger partial charge in [0.05, 0.1) is 0 Å². The van der Waals surface area contributed by atoms with Crippen molar-refractivity contribution in [3.05, 3.63) is 35.9 Å². The first-order chi connectivity index (χ1) is 9.09. The first-order valence-corrected chi connectivity index (χ1v) is 6.87. The average molecular weight is 262 g/mol. The van der Waals surface area contributed by atoms with Crippen molar-refractivity contribution < 1.29 is 9.90 Å². The molecule has 1 aromatic carbocycles. The van der Waals surface area contributed by atoms with Gasteiger partial charge in [0.25, 0.3) is 5.91 Å². The molecule has 2 rings (SSSR count). The van der Waals surface area contributed by atoms with Crippen LogP contribution in [-0.2, 0) is 4.79 Å². The molecule has 3 unspecified atom stereocenters. The lowest BCUT2D eigenvalue weighted by molar-refractivity contribution is -0.142. The summed E-state index contributed by atoms with van der Waals surface area (Å²) in [6.45, 7) is 3.35. The molecule has 0 aliphatic carbocycles. The number of nitrogens with zero attached hydrogens (tertiary/aromatic N) is 1. The first-order valence-electron chi connectivity index (χ1n) is 6.87. The normalized spacial score (nSPS) is 22.9. The molecule has 104 valence electrons. The lowest BCUT2D eigenvalue weighted by Crippen LogP contribution is -2.46. The summed E-state index contributed by atoms with van der Waals surface area (Å²) in [5.74, 6) is 0.122. The largest absolute Gasteiger partial charge is 0.378 e. The Hall–Kier alpha value is -1.39. The summed E-state index contributed by atoms with van der Waals surface area (Å²) in [5.41, 5.74) is 6.56. The molecule has 1 heterocycles. The van der Waals surface area contributed by atoms with Crippen molar-refractivity contribution in [2.24, 2.45) is 11.7 Å². The molecule has 1 amide bonds. The van der Waals surface area contributed by atoms with E-state index in [1.54, 1.807) is 17.0 Å². The maximum Gasteiger partial charge on any atom is 0.256 e. The number of rotatable bonds is 3. The summed E-state index contributed by atoms with van der Waals surface area (Å²) >= 11 is 0. The van der Waals surface area contributed by atoms with Crippen LogP contribution in [0.15, 0.2) is 30.3 Å². The van der Waals surface area contributed by atoms with E-state index in [2.05, 4.69) is 0 Å². The summed E-state index contributed by atoms with van der Waals surface area (Å²) in [7, 11) is 0. The van der Waals surface area contributed by atoms with Crippen molar-refractivity contribution in [2.45, 2.75) is 31.9 Å². The Morgan fingerprint density at radius 3 is 2.74 bits per heavy atom. The Morgan fingerprint density at radius 2 is 2.11 bits per heavy atom. The molecule has 3 atom stereocenters. The third kappa shape index (κ3) is 3.33. The molecule has 19 heavy (non-hydrogen) atoms. The van der Waals surface area contributed by atoms with Gasteiger partial charge < -0.3 is 15.7 Å². The molecule has 4 nitrogen and oxygen atoms in total. The number of piperidine rings is 1. The van der Waals surface area contributed by atoms with E-state index in [4.69, 9.17) is 5.73 Å². The van der Waals surface area contributed by atoms with E-state index in [9.17, 15) is 9.90 Å². The predicted molar refractivity (Wildman–Crippen MR) is 74.4 cm³/mol. The second-order valence-electron chi connectivity index (χ2n) is 5.36. The van der Waals surface area contributed by atoms with E-state index in [0.29, 0.717) is 24.6 Å². The van der Waals surface area contributed by atoms with Gasteiger partial charge in [0.15, 0.2) is 6.10 Å². The number of hydrogen-bond acceptors (Lipinski definition) is 3. The van der Waals surface area contributed by atoms with E-state index in [1.165, 1.54) is 0 Å². The minimum absolute atomic E-state index is 0.0875. The fraction of sp³-hybridized carbons (Fsp3) is 0.533. The highest BCUT2D eigenvalue weighted by Gasteiger charge is 2.29. The van der Waals surface area contributed by atoms with Crippen molar-refractivity contribution in [3.8, 4) is 0 Å². The minimum Gasteiger partial charge on any atom is -0.378 e. The molecule has 4 heteroatoms. The highest BCUT2D eigenvalue weighted by Crippen LogP contribution is 2.22. The van der Waals surface area contributed by atoms with Crippen LogP contribution in [0.5, 0.6) is 0 Å². The molecule has 0 saturated carbocycles. The van der Waals surface area contributed by atoms with Crippen LogP contribution in [0.1, 0.15) is 31.4 Å². The minimum atomic E-state index is -1.06. The molecule has 0 aromatic heterocycles. The SMILES string of the molecule is CC(N)C1CCCN(C(=O)C(O)c2ccccc2)C1. The fourth-order valence-corrected chi connectivity index (χ4v) is 2.59. The molecular formula is C15H22N2O2. The molecule has 0 bridgehead atoms. The summed E-state index contributed by atoms with van der Waals surface area (Å²) in [6, 6.07) is 9.16. The smallest absolute Gasteiger partial charge is 0.256 e. The van der Waals surface area contributed by atoms with Gasteiger partial charge in [-0.2, -0.15) is 0 Å². The van der Waals surface area contributed by atoms with Crippen molar-refractivity contribution in [2.75, 3.05) is 13.1 Å². The van der Waals surface area contributed by atoms with E-state index in [1.807, 2.05) is 25.1 Å². The van der Waals surface area contributed by atoms with E-state index >= 15 is 0 Å². The van der Waals surface area contributed by atoms with Gasteiger partial charge in [-0.1, -0.05) is 30.3 Å². The molecule has 1 aliphatic rings. The van der Waals surface area contributed by atoms with Crippen LogP contribution in [0.3, 0.4) is 0 Å².